The number of aliphatic hydroxyl groups is 1. The summed E-state index contributed by atoms with van der Waals surface area (Å²) in [7, 11) is 2.43. The van der Waals surface area contributed by atoms with E-state index in [0.717, 1.165) is 22.4 Å². The van der Waals surface area contributed by atoms with Crippen LogP contribution >= 0.6 is 0 Å². The van der Waals surface area contributed by atoms with E-state index in [1.165, 1.54) is 14.2 Å². The first-order valence-electron chi connectivity index (χ1n) is 16.2. The summed E-state index contributed by atoms with van der Waals surface area (Å²) in [6.07, 6.45) is -0.729. The highest BCUT2D eigenvalue weighted by atomic mass is 16.5. The van der Waals surface area contributed by atoms with Crippen molar-refractivity contribution in [2.75, 3.05) is 20.8 Å². The normalized spacial score (nSPS) is 13.6. The number of nitrogens with zero attached hydrogens (tertiary/aromatic N) is 2. The van der Waals surface area contributed by atoms with Crippen LogP contribution < -0.4 is 21.4 Å². The molecule has 4 atom stereocenters. The van der Waals surface area contributed by atoms with Gasteiger partial charge in [0, 0.05) is 24.8 Å². The van der Waals surface area contributed by atoms with Gasteiger partial charge in [-0.25, -0.2) is 14.6 Å². The predicted octanol–water partition coefficient (Wildman–Crippen LogP) is 3.43. The minimum Gasteiger partial charge on any atom is -0.453 e. The van der Waals surface area contributed by atoms with Gasteiger partial charge >= 0.3 is 12.2 Å². The number of pyridine rings is 1. The fourth-order valence-electron chi connectivity index (χ4n) is 5.13. The van der Waals surface area contributed by atoms with Crippen molar-refractivity contribution in [3.05, 3.63) is 90.1 Å². The van der Waals surface area contributed by atoms with E-state index in [4.69, 9.17) is 9.47 Å². The van der Waals surface area contributed by atoms with Crippen molar-refractivity contribution in [2.45, 2.75) is 64.9 Å². The van der Waals surface area contributed by atoms with Gasteiger partial charge in [-0.05, 0) is 41.5 Å². The number of carbonyl (C=O) groups excluding carboxylic acids is 4. The lowest BCUT2D eigenvalue weighted by molar-refractivity contribution is -0.131. The smallest absolute Gasteiger partial charge is 0.407 e. The summed E-state index contributed by atoms with van der Waals surface area (Å²) in [4.78, 5) is 55.5. The lowest BCUT2D eigenvalue weighted by atomic mass is 9.98. The third kappa shape index (κ3) is 12.2. The van der Waals surface area contributed by atoms with E-state index in [1.54, 1.807) is 38.9 Å². The standard InChI is InChI=1S/C36H48N6O7/c1-23(2)31(39-35(46)48-5)33(44)38-29(20-25-12-8-7-9-13-25)30(43)22-42(41-34(45)32(24(3)4)40-36(47)49-6)21-26-15-17-27(18-16-26)28-14-10-11-19-37-28/h7-19,23-24,29-32,43H,20-22H2,1-6H3,(H,38,44)(H,39,46)(H,40,47)(H,41,45)/t29-,30-,31-,32-/m1/s1. The molecule has 1 heterocycles. The molecule has 0 spiro atoms. The van der Waals surface area contributed by atoms with Crippen LogP contribution in [0.25, 0.3) is 11.3 Å². The van der Waals surface area contributed by atoms with Gasteiger partial charge in [-0.15, -0.1) is 0 Å². The molecule has 0 fully saturated rings. The Hall–Kier alpha value is -5.01. The maximum Gasteiger partial charge on any atom is 0.407 e. The number of aliphatic hydroxyl groups excluding tert-OH is 1. The highest BCUT2D eigenvalue weighted by molar-refractivity contribution is 5.86. The zero-order valence-corrected chi connectivity index (χ0v) is 28.9. The number of ether oxygens (including phenoxy) is 2. The van der Waals surface area contributed by atoms with Crippen molar-refractivity contribution < 1.29 is 33.8 Å². The van der Waals surface area contributed by atoms with E-state index in [0.29, 0.717) is 0 Å². The molecule has 5 N–H and O–H groups in total. The molecule has 0 aliphatic rings. The Kier molecular flexibility index (Phi) is 15.0. The van der Waals surface area contributed by atoms with E-state index >= 15 is 0 Å². The molecule has 0 unspecified atom stereocenters. The van der Waals surface area contributed by atoms with Gasteiger partial charge in [-0.2, -0.15) is 0 Å². The number of hydrogen-bond acceptors (Lipinski definition) is 9. The number of carbonyl (C=O) groups is 4. The molecular formula is C36H48N6O7. The Bertz CT molecular complexity index is 1490. The summed E-state index contributed by atoms with van der Waals surface area (Å²) in [5.74, 6) is -1.58. The van der Waals surface area contributed by atoms with Crippen LogP contribution in [0.1, 0.15) is 38.8 Å². The largest absolute Gasteiger partial charge is 0.453 e. The van der Waals surface area contributed by atoms with Gasteiger partial charge in [0.1, 0.15) is 12.1 Å². The first-order valence-corrected chi connectivity index (χ1v) is 16.2. The minimum atomic E-state index is -1.20. The Balaban J connectivity index is 1.91. The molecule has 0 radical (unpaired) electrons. The lowest BCUT2D eigenvalue weighted by Gasteiger charge is -2.33. The van der Waals surface area contributed by atoms with E-state index in [9.17, 15) is 24.3 Å². The van der Waals surface area contributed by atoms with Crippen molar-refractivity contribution in [1.29, 1.82) is 0 Å². The summed E-state index contributed by atoms with van der Waals surface area (Å²) in [6, 6.07) is 20.0. The summed E-state index contributed by atoms with van der Waals surface area (Å²) < 4.78 is 9.43. The molecule has 0 aliphatic carbocycles. The third-order valence-electron chi connectivity index (χ3n) is 7.87. The monoisotopic (exact) mass is 676 g/mol. The molecule has 3 rings (SSSR count). The summed E-state index contributed by atoms with van der Waals surface area (Å²) >= 11 is 0. The maximum absolute atomic E-state index is 13.6. The van der Waals surface area contributed by atoms with Crippen LogP contribution in [0.3, 0.4) is 0 Å². The summed E-state index contributed by atoms with van der Waals surface area (Å²) in [6.45, 7) is 7.22. The van der Waals surface area contributed by atoms with Crippen LogP contribution in [-0.2, 0) is 32.0 Å². The zero-order valence-electron chi connectivity index (χ0n) is 28.9. The average molecular weight is 677 g/mol. The van der Waals surface area contributed by atoms with E-state index in [2.05, 4.69) is 26.4 Å². The van der Waals surface area contributed by atoms with Crippen LogP contribution in [-0.4, -0.2) is 84.1 Å². The fourth-order valence-corrected chi connectivity index (χ4v) is 5.13. The molecule has 0 saturated heterocycles. The van der Waals surface area contributed by atoms with Crippen LogP contribution in [0.15, 0.2) is 79.0 Å². The average Bonchev–Trinajstić information content (AvgIpc) is 3.09. The van der Waals surface area contributed by atoms with Gasteiger partial charge in [0.15, 0.2) is 0 Å². The van der Waals surface area contributed by atoms with Gasteiger partial charge in [0.05, 0.1) is 32.1 Å². The molecule has 3 aromatic rings. The van der Waals surface area contributed by atoms with Crippen LogP contribution in [0.5, 0.6) is 0 Å². The Morgan fingerprint density at radius 2 is 1.31 bits per heavy atom. The Labute approximate surface area is 287 Å². The number of alkyl carbamates (subject to hydrolysis) is 2. The number of benzene rings is 2. The second-order valence-electron chi connectivity index (χ2n) is 12.4. The zero-order chi connectivity index (χ0) is 35.9. The van der Waals surface area contributed by atoms with Crippen LogP contribution in [0.4, 0.5) is 9.59 Å². The second-order valence-corrected chi connectivity index (χ2v) is 12.4. The first-order chi connectivity index (χ1) is 23.4. The Morgan fingerprint density at radius 3 is 1.84 bits per heavy atom. The van der Waals surface area contributed by atoms with Crippen molar-refractivity contribution in [2.24, 2.45) is 11.8 Å². The quantitative estimate of drug-likeness (QED) is 0.143. The van der Waals surface area contributed by atoms with Crippen molar-refractivity contribution in [3.63, 3.8) is 0 Å². The van der Waals surface area contributed by atoms with Gasteiger partial charge in [0.25, 0.3) is 5.91 Å². The van der Waals surface area contributed by atoms with Crippen molar-refractivity contribution in [1.82, 2.24) is 31.4 Å². The number of amides is 4. The van der Waals surface area contributed by atoms with Crippen molar-refractivity contribution in [3.8, 4) is 11.3 Å². The lowest BCUT2D eigenvalue weighted by Crippen LogP contribution is -2.59. The molecule has 264 valence electrons. The van der Waals surface area contributed by atoms with Gasteiger partial charge in [-0.1, -0.05) is 88.4 Å². The first kappa shape index (κ1) is 38.4. The van der Waals surface area contributed by atoms with Gasteiger partial charge in [-0.3, -0.25) is 20.0 Å². The molecule has 13 nitrogen and oxygen atoms in total. The van der Waals surface area contributed by atoms with Gasteiger partial charge in [0.2, 0.25) is 5.91 Å². The fraction of sp³-hybridized carbons (Fsp3) is 0.417. The SMILES string of the molecule is COC(=O)N[C@@H](C(=O)N[C@H](Cc1ccccc1)[C@H](O)CN(Cc1ccc(-c2ccccn2)cc1)NC(=O)[C@H](NC(=O)OC)C(C)C)C(C)C. The number of rotatable bonds is 16. The molecule has 49 heavy (non-hydrogen) atoms. The second kappa shape index (κ2) is 19.1. The number of nitrogens with one attached hydrogen (secondary N) is 4. The molecular weight excluding hydrogens is 628 g/mol. The Morgan fingerprint density at radius 1 is 0.735 bits per heavy atom. The van der Waals surface area contributed by atoms with Crippen LogP contribution in [0.2, 0.25) is 0 Å². The molecule has 13 heteroatoms. The minimum absolute atomic E-state index is 0.106. The highest BCUT2D eigenvalue weighted by Gasteiger charge is 2.32. The number of methoxy groups -OCH3 is 2. The van der Waals surface area contributed by atoms with Crippen LogP contribution in [0, 0.1) is 11.8 Å². The molecule has 0 bridgehead atoms. The predicted molar refractivity (Wildman–Crippen MR) is 185 cm³/mol. The third-order valence-corrected chi connectivity index (χ3v) is 7.87. The summed E-state index contributed by atoms with van der Waals surface area (Å²) in [5.41, 5.74) is 6.26. The topological polar surface area (TPSA) is 171 Å². The number of aromatic nitrogens is 1. The maximum atomic E-state index is 13.6. The van der Waals surface area contributed by atoms with E-state index in [-0.39, 0.29) is 31.3 Å². The molecule has 0 aliphatic heterocycles. The highest BCUT2D eigenvalue weighted by Crippen LogP contribution is 2.18. The van der Waals surface area contributed by atoms with Crippen molar-refractivity contribution >= 4 is 24.0 Å². The number of hydrogen-bond donors (Lipinski definition) is 5. The van der Waals surface area contributed by atoms with Gasteiger partial charge < -0.3 is 30.5 Å². The summed E-state index contributed by atoms with van der Waals surface area (Å²) in [5, 5.41) is 21.3. The van der Waals surface area contributed by atoms with E-state index in [1.807, 2.05) is 72.8 Å². The molecule has 1 aromatic heterocycles. The van der Waals surface area contributed by atoms with E-state index < -0.39 is 48.2 Å². The molecule has 4 amide bonds. The number of hydrazine groups is 1. The molecule has 0 saturated carbocycles. The molecule has 2 aromatic carbocycles.